The van der Waals surface area contributed by atoms with Gasteiger partial charge in [0, 0.05) is 20.2 Å². The van der Waals surface area contributed by atoms with Gasteiger partial charge in [0.1, 0.15) is 6.61 Å². The van der Waals surface area contributed by atoms with Gasteiger partial charge in [-0.2, -0.15) is 0 Å². The van der Waals surface area contributed by atoms with Crippen LogP contribution in [0.5, 0.6) is 0 Å². The molecule has 0 aliphatic heterocycles. The lowest BCUT2D eigenvalue weighted by atomic mass is 10.4. The number of carbonyl (C=O) groups excluding carboxylic acids is 1. The van der Waals surface area contributed by atoms with Crippen molar-refractivity contribution in [3.8, 4) is 0 Å². The molecule has 0 aromatic rings. The summed E-state index contributed by atoms with van der Waals surface area (Å²) >= 11 is 0. The molecule has 0 heterocycles. The minimum atomic E-state index is -0.517. The van der Waals surface area contributed by atoms with Gasteiger partial charge in [-0.1, -0.05) is 0 Å². The highest BCUT2D eigenvalue weighted by Crippen LogP contribution is 1.80. The van der Waals surface area contributed by atoms with E-state index in [1.54, 1.807) is 0 Å². The summed E-state index contributed by atoms with van der Waals surface area (Å²) in [6.07, 6.45) is -0.517. The van der Waals surface area contributed by atoms with E-state index in [0.717, 1.165) is 0 Å². The van der Waals surface area contributed by atoms with Gasteiger partial charge >= 0.3 is 0 Å². The van der Waals surface area contributed by atoms with E-state index < -0.39 is 12.0 Å². The van der Waals surface area contributed by atoms with Crippen molar-refractivity contribution in [1.82, 2.24) is 5.32 Å². The number of ether oxygens (including phenoxy) is 2. The largest absolute Gasteiger partial charge is 0.389 e. The molecule has 0 fully saturated rings. The monoisotopic (exact) mass is 206 g/mol. The lowest BCUT2D eigenvalue weighted by molar-refractivity contribution is -0.122. The van der Waals surface area contributed by atoms with Crippen LogP contribution in [0.1, 0.15) is 0 Å². The van der Waals surface area contributed by atoms with Gasteiger partial charge < -0.3 is 25.6 Å². The third-order valence-corrected chi connectivity index (χ3v) is 1.41. The van der Waals surface area contributed by atoms with Crippen LogP contribution in [0.3, 0.4) is 0 Å². The number of hydrogen-bond donors (Lipinski definition) is 3. The van der Waals surface area contributed by atoms with Crippen molar-refractivity contribution >= 4 is 5.91 Å². The first-order chi connectivity index (χ1) is 6.66. The number of methoxy groups -OCH3 is 1. The van der Waals surface area contributed by atoms with Gasteiger partial charge in [0.25, 0.3) is 0 Å². The molecule has 84 valence electrons. The summed E-state index contributed by atoms with van der Waals surface area (Å²) in [4.78, 5) is 10.2. The van der Waals surface area contributed by atoms with Crippen LogP contribution in [-0.4, -0.2) is 57.1 Å². The summed E-state index contributed by atoms with van der Waals surface area (Å²) in [6, 6.07) is 0. The Balaban J connectivity index is 3.09. The topological polar surface area (TPSA) is 93.8 Å². The van der Waals surface area contributed by atoms with E-state index in [-0.39, 0.29) is 6.61 Å². The fourth-order valence-electron chi connectivity index (χ4n) is 0.837. The second kappa shape index (κ2) is 8.89. The molecule has 4 N–H and O–H groups in total. The Morgan fingerprint density at radius 1 is 1.64 bits per heavy atom. The Kier molecular flexibility index (Phi) is 8.45. The van der Waals surface area contributed by atoms with Crippen molar-refractivity contribution in [3.63, 3.8) is 0 Å². The highest BCUT2D eigenvalue weighted by atomic mass is 16.5. The zero-order valence-electron chi connectivity index (χ0n) is 8.36. The number of hydrogen-bond acceptors (Lipinski definition) is 5. The van der Waals surface area contributed by atoms with Gasteiger partial charge in [0.2, 0.25) is 5.91 Å². The summed E-state index contributed by atoms with van der Waals surface area (Å²) in [7, 11) is 1.53. The molecule has 0 saturated heterocycles. The summed E-state index contributed by atoms with van der Waals surface area (Å²) in [5.74, 6) is -0.482. The Hall–Kier alpha value is -0.690. The third-order valence-electron chi connectivity index (χ3n) is 1.41. The van der Waals surface area contributed by atoms with Crippen molar-refractivity contribution < 1.29 is 19.4 Å². The van der Waals surface area contributed by atoms with E-state index in [2.05, 4.69) is 5.32 Å². The molecule has 1 atom stereocenters. The standard InChI is InChI=1S/C8H18N2O4/c1-13-5-7(11)4-10-2-3-14-6-8(9)12/h7,10-11H,2-6H2,1H3,(H2,9,12). The van der Waals surface area contributed by atoms with Crippen molar-refractivity contribution in [1.29, 1.82) is 0 Å². The van der Waals surface area contributed by atoms with Gasteiger partial charge in [0.05, 0.1) is 19.3 Å². The first-order valence-corrected chi connectivity index (χ1v) is 4.40. The number of primary amides is 1. The minimum absolute atomic E-state index is 0.0672. The second-order valence-corrected chi connectivity index (χ2v) is 2.83. The third kappa shape index (κ3) is 9.40. The maximum absolute atomic E-state index is 10.2. The molecule has 14 heavy (non-hydrogen) atoms. The molecule has 0 aromatic carbocycles. The zero-order valence-corrected chi connectivity index (χ0v) is 8.36. The van der Waals surface area contributed by atoms with E-state index in [4.69, 9.17) is 15.2 Å². The summed E-state index contributed by atoms with van der Waals surface area (Å²) in [5, 5.41) is 12.1. The molecular weight excluding hydrogens is 188 g/mol. The number of nitrogens with two attached hydrogens (primary N) is 1. The summed E-state index contributed by atoms with van der Waals surface area (Å²) < 4.78 is 9.62. The average molecular weight is 206 g/mol. The number of amides is 1. The molecule has 0 saturated carbocycles. The van der Waals surface area contributed by atoms with Crippen LogP contribution < -0.4 is 11.1 Å². The Morgan fingerprint density at radius 2 is 2.36 bits per heavy atom. The molecule has 0 radical (unpaired) electrons. The molecule has 0 bridgehead atoms. The zero-order chi connectivity index (χ0) is 10.8. The van der Waals surface area contributed by atoms with E-state index in [9.17, 15) is 9.90 Å². The van der Waals surface area contributed by atoms with E-state index in [1.165, 1.54) is 7.11 Å². The molecule has 0 rings (SSSR count). The van der Waals surface area contributed by atoms with Gasteiger partial charge in [-0.25, -0.2) is 0 Å². The van der Waals surface area contributed by atoms with Crippen molar-refractivity contribution in [2.45, 2.75) is 6.10 Å². The van der Waals surface area contributed by atoms with Crippen LogP contribution in [0.25, 0.3) is 0 Å². The summed E-state index contributed by atoms with van der Waals surface area (Å²) in [5.41, 5.74) is 4.85. The molecule has 0 spiro atoms. The smallest absolute Gasteiger partial charge is 0.243 e. The maximum Gasteiger partial charge on any atom is 0.243 e. The van der Waals surface area contributed by atoms with E-state index in [1.807, 2.05) is 0 Å². The first-order valence-electron chi connectivity index (χ1n) is 4.40. The second-order valence-electron chi connectivity index (χ2n) is 2.83. The average Bonchev–Trinajstić information content (AvgIpc) is 2.11. The van der Waals surface area contributed by atoms with Gasteiger partial charge in [-0.05, 0) is 0 Å². The van der Waals surface area contributed by atoms with Crippen LogP contribution >= 0.6 is 0 Å². The van der Waals surface area contributed by atoms with Gasteiger partial charge in [-0.3, -0.25) is 4.79 Å². The molecule has 0 aliphatic rings. The normalized spacial score (nSPS) is 12.7. The maximum atomic E-state index is 10.2. The fraction of sp³-hybridized carbons (Fsp3) is 0.875. The highest BCUT2D eigenvalue weighted by Gasteiger charge is 2.01. The highest BCUT2D eigenvalue weighted by molar-refractivity contribution is 5.74. The molecular formula is C8H18N2O4. The Morgan fingerprint density at radius 3 is 2.93 bits per heavy atom. The molecule has 6 heteroatoms. The minimum Gasteiger partial charge on any atom is -0.389 e. The van der Waals surface area contributed by atoms with Crippen molar-refractivity contribution in [2.75, 3.05) is 40.0 Å². The molecule has 1 unspecified atom stereocenters. The Labute approximate surface area is 83.4 Å². The lowest BCUT2D eigenvalue weighted by Crippen LogP contribution is -2.32. The van der Waals surface area contributed by atoms with Crippen LogP contribution in [0.15, 0.2) is 0 Å². The number of aliphatic hydroxyl groups excluding tert-OH is 1. The van der Waals surface area contributed by atoms with Crippen molar-refractivity contribution in [3.05, 3.63) is 0 Å². The summed E-state index contributed by atoms with van der Waals surface area (Å²) in [6.45, 7) is 1.63. The number of carbonyl (C=O) groups is 1. The number of nitrogens with one attached hydrogen (secondary N) is 1. The van der Waals surface area contributed by atoms with Gasteiger partial charge in [-0.15, -0.1) is 0 Å². The Bertz CT molecular complexity index is 154. The van der Waals surface area contributed by atoms with E-state index in [0.29, 0.717) is 26.3 Å². The van der Waals surface area contributed by atoms with Crippen LogP contribution in [0, 0.1) is 0 Å². The van der Waals surface area contributed by atoms with Gasteiger partial charge in [0.15, 0.2) is 0 Å². The number of aliphatic hydroxyl groups is 1. The van der Waals surface area contributed by atoms with Crippen molar-refractivity contribution in [2.24, 2.45) is 5.73 Å². The van der Waals surface area contributed by atoms with Crippen LogP contribution in [0.4, 0.5) is 0 Å². The predicted molar refractivity (Wildman–Crippen MR) is 50.8 cm³/mol. The number of rotatable bonds is 9. The SMILES string of the molecule is COCC(O)CNCCOCC(N)=O. The van der Waals surface area contributed by atoms with E-state index >= 15 is 0 Å². The predicted octanol–water partition coefficient (Wildman–Crippen LogP) is -1.91. The molecule has 1 amide bonds. The van der Waals surface area contributed by atoms with Crippen LogP contribution in [0.2, 0.25) is 0 Å². The first kappa shape index (κ1) is 13.3. The fourth-order valence-corrected chi connectivity index (χ4v) is 0.837. The molecule has 6 nitrogen and oxygen atoms in total. The molecule has 0 aromatic heterocycles. The lowest BCUT2D eigenvalue weighted by Gasteiger charge is -2.10. The quantitative estimate of drug-likeness (QED) is 0.383. The molecule has 0 aliphatic carbocycles. The van der Waals surface area contributed by atoms with Crippen LogP contribution in [-0.2, 0) is 14.3 Å².